The van der Waals surface area contributed by atoms with E-state index >= 15 is 0 Å². The molecule has 1 aliphatic heterocycles. The third-order valence-corrected chi connectivity index (χ3v) is 4.48. The number of aromatic nitrogens is 2. The zero-order valence-electron chi connectivity index (χ0n) is 15.0. The van der Waals surface area contributed by atoms with Gasteiger partial charge in [0, 0.05) is 36.5 Å². The van der Waals surface area contributed by atoms with Crippen LogP contribution in [-0.2, 0) is 4.79 Å². The van der Waals surface area contributed by atoms with Crippen molar-refractivity contribution in [2.45, 2.75) is 32.1 Å². The Balaban J connectivity index is 1.91. The number of urea groups is 1. The SMILES string of the molecule is CCC1CC(=O)NC(n2nc(-c3ccccc3)cc2NC(=O)NCCCl)N1. The number of anilines is 1. The van der Waals surface area contributed by atoms with E-state index in [1.54, 1.807) is 10.7 Å². The molecule has 0 spiro atoms. The normalized spacial score (nSPS) is 19.4. The van der Waals surface area contributed by atoms with Crippen LogP contribution in [0.1, 0.15) is 26.1 Å². The number of carbonyl (C=O) groups excluding carboxylic acids is 2. The van der Waals surface area contributed by atoms with Gasteiger partial charge in [-0.15, -0.1) is 11.6 Å². The minimum absolute atomic E-state index is 0.0473. The predicted molar refractivity (Wildman–Crippen MR) is 104 cm³/mol. The van der Waals surface area contributed by atoms with Crippen LogP contribution >= 0.6 is 11.6 Å². The number of carbonyl (C=O) groups is 2. The lowest BCUT2D eigenvalue weighted by atomic mass is 10.1. The molecule has 1 aromatic carbocycles. The highest BCUT2D eigenvalue weighted by Crippen LogP contribution is 2.24. The second-order valence-electron chi connectivity index (χ2n) is 6.24. The molecule has 0 radical (unpaired) electrons. The monoisotopic (exact) mass is 390 g/mol. The van der Waals surface area contributed by atoms with Crippen LogP contribution < -0.4 is 21.3 Å². The minimum Gasteiger partial charge on any atom is -0.337 e. The summed E-state index contributed by atoms with van der Waals surface area (Å²) in [7, 11) is 0. The van der Waals surface area contributed by atoms with Gasteiger partial charge in [-0.05, 0) is 6.42 Å². The van der Waals surface area contributed by atoms with Crippen LogP contribution in [0.5, 0.6) is 0 Å². The van der Waals surface area contributed by atoms with Crippen LogP contribution in [0.25, 0.3) is 11.3 Å². The number of benzene rings is 1. The van der Waals surface area contributed by atoms with Gasteiger partial charge in [-0.1, -0.05) is 37.3 Å². The van der Waals surface area contributed by atoms with Gasteiger partial charge in [0.15, 0.2) is 6.29 Å². The Morgan fingerprint density at radius 2 is 2.15 bits per heavy atom. The lowest BCUT2D eigenvalue weighted by molar-refractivity contribution is -0.125. The van der Waals surface area contributed by atoms with Crippen molar-refractivity contribution >= 4 is 29.4 Å². The topological polar surface area (TPSA) is 100 Å². The molecule has 2 atom stereocenters. The molecule has 2 aromatic rings. The highest BCUT2D eigenvalue weighted by molar-refractivity contribution is 6.18. The molecule has 9 heteroatoms. The zero-order valence-corrected chi connectivity index (χ0v) is 15.8. The van der Waals surface area contributed by atoms with Crippen molar-refractivity contribution in [1.29, 1.82) is 0 Å². The molecule has 27 heavy (non-hydrogen) atoms. The third kappa shape index (κ3) is 4.78. The number of alkyl halides is 1. The van der Waals surface area contributed by atoms with Gasteiger partial charge in [0.1, 0.15) is 5.82 Å². The standard InChI is InChI=1S/C18H23ClN6O2/c1-2-13-10-16(26)23-17(21-13)25-15(22-18(27)20-9-8-19)11-14(24-25)12-6-4-3-5-7-12/h3-7,11,13,17,21H,2,8-10H2,1H3,(H,23,26)(H2,20,22,27). The summed E-state index contributed by atoms with van der Waals surface area (Å²) in [6, 6.07) is 11.1. The molecule has 4 N–H and O–H groups in total. The maximum Gasteiger partial charge on any atom is 0.320 e. The van der Waals surface area contributed by atoms with Crippen LogP contribution in [0.2, 0.25) is 0 Å². The molecule has 2 unspecified atom stereocenters. The summed E-state index contributed by atoms with van der Waals surface area (Å²) in [5, 5.41) is 16.3. The fourth-order valence-electron chi connectivity index (χ4n) is 2.91. The van der Waals surface area contributed by atoms with E-state index in [-0.39, 0.29) is 18.0 Å². The summed E-state index contributed by atoms with van der Waals surface area (Å²) in [6.07, 6.45) is 0.686. The van der Waals surface area contributed by atoms with E-state index < -0.39 is 6.29 Å². The second-order valence-corrected chi connectivity index (χ2v) is 6.62. The number of nitrogens with zero attached hydrogens (tertiary/aromatic N) is 2. The summed E-state index contributed by atoms with van der Waals surface area (Å²) in [6.45, 7) is 2.37. The summed E-state index contributed by atoms with van der Waals surface area (Å²) in [5.74, 6) is 0.732. The Bertz CT molecular complexity index is 794. The number of nitrogens with one attached hydrogen (secondary N) is 4. The highest BCUT2D eigenvalue weighted by atomic mass is 35.5. The molecule has 1 aliphatic rings. The quantitative estimate of drug-likeness (QED) is 0.568. The van der Waals surface area contributed by atoms with Crippen molar-refractivity contribution in [2.75, 3.05) is 17.7 Å². The molecular formula is C18H23ClN6O2. The molecule has 3 amide bonds. The number of halogens is 1. The van der Waals surface area contributed by atoms with Crippen molar-refractivity contribution < 1.29 is 9.59 Å². The molecule has 1 aromatic heterocycles. The van der Waals surface area contributed by atoms with E-state index in [1.165, 1.54) is 0 Å². The van der Waals surface area contributed by atoms with Gasteiger partial charge < -0.3 is 10.6 Å². The van der Waals surface area contributed by atoms with Gasteiger partial charge in [-0.2, -0.15) is 5.10 Å². The van der Waals surface area contributed by atoms with E-state index in [0.29, 0.717) is 30.4 Å². The fraction of sp³-hybridized carbons (Fsp3) is 0.389. The Morgan fingerprint density at radius 3 is 2.85 bits per heavy atom. The summed E-state index contributed by atoms with van der Waals surface area (Å²) < 4.78 is 1.59. The Kier molecular flexibility index (Phi) is 6.31. The average molecular weight is 391 g/mol. The lowest BCUT2D eigenvalue weighted by Gasteiger charge is -2.31. The maximum absolute atomic E-state index is 12.1. The first kappa shape index (κ1) is 19.2. The minimum atomic E-state index is -0.544. The molecule has 8 nitrogen and oxygen atoms in total. The zero-order chi connectivity index (χ0) is 19.2. The van der Waals surface area contributed by atoms with Gasteiger partial charge in [-0.3, -0.25) is 15.4 Å². The van der Waals surface area contributed by atoms with E-state index in [1.807, 2.05) is 37.3 Å². The fourth-order valence-corrected chi connectivity index (χ4v) is 3.00. The van der Waals surface area contributed by atoms with Crippen LogP contribution in [0.4, 0.5) is 10.6 Å². The summed E-state index contributed by atoms with van der Waals surface area (Å²) >= 11 is 5.62. The van der Waals surface area contributed by atoms with Crippen LogP contribution in [0.3, 0.4) is 0 Å². The van der Waals surface area contributed by atoms with Gasteiger partial charge in [-0.25, -0.2) is 9.48 Å². The van der Waals surface area contributed by atoms with Crippen molar-refractivity contribution in [3.63, 3.8) is 0 Å². The molecule has 2 heterocycles. The first-order valence-electron chi connectivity index (χ1n) is 8.92. The molecule has 0 bridgehead atoms. The molecule has 1 saturated heterocycles. The third-order valence-electron chi connectivity index (χ3n) is 4.29. The Labute approximate surface area is 162 Å². The smallest absolute Gasteiger partial charge is 0.320 e. The molecule has 1 fully saturated rings. The van der Waals surface area contributed by atoms with E-state index in [0.717, 1.165) is 12.0 Å². The Hall–Kier alpha value is -2.58. The lowest BCUT2D eigenvalue weighted by Crippen LogP contribution is -2.53. The first-order chi connectivity index (χ1) is 13.1. The number of hydrogen-bond acceptors (Lipinski definition) is 4. The van der Waals surface area contributed by atoms with Crippen molar-refractivity contribution in [1.82, 2.24) is 25.7 Å². The molecule has 3 rings (SSSR count). The molecule has 0 aliphatic carbocycles. The van der Waals surface area contributed by atoms with Crippen LogP contribution in [-0.4, -0.2) is 40.2 Å². The van der Waals surface area contributed by atoms with Gasteiger partial charge in [0.25, 0.3) is 0 Å². The molecular weight excluding hydrogens is 368 g/mol. The van der Waals surface area contributed by atoms with Gasteiger partial charge >= 0.3 is 6.03 Å². The van der Waals surface area contributed by atoms with Crippen LogP contribution in [0, 0.1) is 0 Å². The maximum atomic E-state index is 12.1. The van der Waals surface area contributed by atoms with Crippen molar-refractivity contribution in [3.8, 4) is 11.3 Å². The first-order valence-corrected chi connectivity index (χ1v) is 9.45. The van der Waals surface area contributed by atoms with E-state index in [9.17, 15) is 9.59 Å². The number of amides is 3. The molecule has 144 valence electrons. The number of rotatable bonds is 6. The highest BCUT2D eigenvalue weighted by Gasteiger charge is 2.28. The van der Waals surface area contributed by atoms with Crippen molar-refractivity contribution in [3.05, 3.63) is 36.4 Å². The summed E-state index contributed by atoms with van der Waals surface area (Å²) in [5.41, 5.74) is 1.60. The predicted octanol–water partition coefficient (Wildman–Crippen LogP) is 2.25. The number of hydrogen-bond donors (Lipinski definition) is 4. The largest absolute Gasteiger partial charge is 0.337 e. The van der Waals surface area contributed by atoms with Crippen LogP contribution in [0.15, 0.2) is 36.4 Å². The second kappa shape index (κ2) is 8.88. The molecule has 0 saturated carbocycles. The average Bonchev–Trinajstić information content (AvgIpc) is 3.10. The van der Waals surface area contributed by atoms with Gasteiger partial charge in [0.05, 0.1) is 5.69 Å². The Morgan fingerprint density at radius 1 is 1.37 bits per heavy atom. The van der Waals surface area contributed by atoms with Gasteiger partial charge in [0.2, 0.25) is 5.91 Å². The summed E-state index contributed by atoms with van der Waals surface area (Å²) in [4.78, 5) is 24.2. The van der Waals surface area contributed by atoms with Crippen molar-refractivity contribution in [2.24, 2.45) is 0 Å². The van der Waals surface area contributed by atoms with E-state index in [2.05, 4.69) is 26.4 Å². The van der Waals surface area contributed by atoms with E-state index in [4.69, 9.17) is 11.6 Å².